The monoisotopic (exact) mass is 255 g/mol. The summed E-state index contributed by atoms with van der Waals surface area (Å²) < 4.78 is 5.33. The number of ether oxygens (including phenoxy) is 1. The van der Waals surface area contributed by atoms with Gasteiger partial charge in [0.15, 0.2) is 0 Å². The van der Waals surface area contributed by atoms with Crippen molar-refractivity contribution in [3.05, 3.63) is 0 Å². The summed E-state index contributed by atoms with van der Waals surface area (Å²) in [6.45, 7) is 7.41. The molecular weight excluding hydrogens is 230 g/mol. The van der Waals surface area contributed by atoms with Gasteiger partial charge < -0.3 is 9.84 Å². The Labute approximate surface area is 109 Å². The van der Waals surface area contributed by atoms with Gasteiger partial charge in [0.25, 0.3) is 0 Å². The van der Waals surface area contributed by atoms with E-state index in [1.165, 1.54) is 12.8 Å². The summed E-state index contributed by atoms with van der Waals surface area (Å²) in [6.07, 6.45) is 3.73. The fourth-order valence-electron chi connectivity index (χ4n) is 3.39. The van der Waals surface area contributed by atoms with Crippen LogP contribution in [-0.2, 0) is 9.53 Å². The van der Waals surface area contributed by atoms with Crippen LogP contribution < -0.4 is 0 Å². The van der Waals surface area contributed by atoms with Gasteiger partial charge in [-0.15, -0.1) is 0 Å². The number of carboxylic acids is 1. The first-order valence-electron chi connectivity index (χ1n) is 7.10. The summed E-state index contributed by atoms with van der Waals surface area (Å²) in [5.74, 6) is -0.0293. The Bertz CT molecular complexity index is 297. The Morgan fingerprint density at radius 3 is 2.67 bits per heavy atom. The molecule has 1 N–H and O–H groups in total. The zero-order chi connectivity index (χ0) is 13.2. The van der Waals surface area contributed by atoms with E-state index < -0.39 is 11.4 Å². The molecule has 0 aliphatic carbocycles. The number of aliphatic carboxylic acids is 1. The largest absolute Gasteiger partial charge is 0.481 e. The predicted molar refractivity (Wildman–Crippen MR) is 69.6 cm³/mol. The van der Waals surface area contributed by atoms with E-state index in [-0.39, 0.29) is 0 Å². The maximum atomic E-state index is 11.7. The zero-order valence-electron chi connectivity index (χ0n) is 11.5. The topological polar surface area (TPSA) is 49.8 Å². The molecule has 1 unspecified atom stereocenters. The van der Waals surface area contributed by atoms with Crippen molar-refractivity contribution >= 4 is 5.97 Å². The van der Waals surface area contributed by atoms with Crippen LogP contribution in [0.2, 0.25) is 0 Å². The minimum Gasteiger partial charge on any atom is -0.481 e. The van der Waals surface area contributed by atoms with Crippen molar-refractivity contribution in [3.63, 3.8) is 0 Å². The second-order valence-corrected chi connectivity index (χ2v) is 6.12. The molecule has 0 radical (unpaired) electrons. The lowest BCUT2D eigenvalue weighted by Gasteiger charge is -2.39. The Hall–Kier alpha value is -0.610. The van der Waals surface area contributed by atoms with Gasteiger partial charge in [-0.1, -0.05) is 13.8 Å². The third-order valence-corrected chi connectivity index (χ3v) is 4.59. The molecule has 2 heterocycles. The predicted octanol–water partition coefficient (Wildman–Crippen LogP) is 1.99. The van der Waals surface area contributed by atoms with Gasteiger partial charge in [-0.05, 0) is 38.1 Å². The molecule has 2 fully saturated rings. The summed E-state index contributed by atoms with van der Waals surface area (Å²) in [5, 5.41) is 9.59. The normalized spacial score (nSPS) is 28.7. The van der Waals surface area contributed by atoms with Gasteiger partial charge in [0, 0.05) is 25.8 Å². The highest BCUT2D eigenvalue weighted by atomic mass is 16.5. The quantitative estimate of drug-likeness (QED) is 0.834. The molecule has 0 bridgehead atoms. The van der Waals surface area contributed by atoms with Crippen LogP contribution >= 0.6 is 0 Å². The smallest absolute Gasteiger partial charge is 0.311 e. The van der Waals surface area contributed by atoms with Crippen LogP contribution in [0.5, 0.6) is 0 Å². The van der Waals surface area contributed by atoms with E-state index in [1.54, 1.807) is 0 Å². The first kappa shape index (κ1) is 13.8. The zero-order valence-corrected chi connectivity index (χ0v) is 11.5. The molecule has 18 heavy (non-hydrogen) atoms. The highest BCUT2D eigenvalue weighted by Crippen LogP contribution is 2.35. The van der Waals surface area contributed by atoms with Crippen molar-refractivity contribution in [1.29, 1.82) is 0 Å². The van der Waals surface area contributed by atoms with Gasteiger partial charge >= 0.3 is 5.97 Å². The third kappa shape index (κ3) is 2.69. The molecule has 2 saturated heterocycles. The van der Waals surface area contributed by atoms with Crippen LogP contribution in [0.25, 0.3) is 0 Å². The van der Waals surface area contributed by atoms with Gasteiger partial charge in [-0.2, -0.15) is 0 Å². The van der Waals surface area contributed by atoms with Crippen molar-refractivity contribution in [2.45, 2.75) is 45.6 Å². The van der Waals surface area contributed by atoms with Crippen molar-refractivity contribution in [2.75, 3.05) is 26.3 Å². The summed E-state index contributed by atoms with van der Waals surface area (Å²) in [7, 11) is 0. The molecule has 0 saturated carbocycles. The number of hydrogen-bond acceptors (Lipinski definition) is 3. The maximum Gasteiger partial charge on any atom is 0.311 e. The molecule has 2 aliphatic heterocycles. The highest BCUT2D eigenvalue weighted by Gasteiger charge is 2.43. The lowest BCUT2D eigenvalue weighted by molar-refractivity contribution is -0.157. The lowest BCUT2D eigenvalue weighted by atomic mass is 9.79. The SMILES string of the molecule is CC(C)C1CCCN1CC1(C(=O)O)CCOCC1. The summed E-state index contributed by atoms with van der Waals surface area (Å²) in [4.78, 5) is 14.1. The van der Waals surface area contributed by atoms with Crippen molar-refractivity contribution in [3.8, 4) is 0 Å². The fraction of sp³-hybridized carbons (Fsp3) is 0.929. The molecule has 2 aliphatic rings. The number of carbonyl (C=O) groups is 1. The van der Waals surface area contributed by atoms with Crippen LogP contribution in [0.1, 0.15) is 39.5 Å². The average Bonchev–Trinajstić information content (AvgIpc) is 2.78. The molecule has 1 atom stereocenters. The number of likely N-dealkylation sites (tertiary alicyclic amines) is 1. The van der Waals surface area contributed by atoms with Gasteiger partial charge in [0.1, 0.15) is 0 Å². The van der Waals surface area contributed by atoms with Crippen LogP contribution in [0.4, 0.5) is 0 Å². The maximum absolute atomic E-state index is 11.7. The summed E-state index contributed by atoms with van der Waals surface area (Å²) in [6, 6.07) is 0.559. The number of rotatable bonds is 4. The average molecular weight is 255 g/mol. The molecule has 0 amide bonds. The van der Waals surface area contributed by atoms with Crippen LogP contribution in [0, 0.1) is 11.3 Å². The molecule has 4 heteroatoms. The van der Waals surface area contributed by atoms with Crippen LogP contribution in [0.3, 0.4) is 0 Å². The fourth-order valence-corrected chi connectivity index (χ4v) is 3.39. The molecule has 0 spiro atoms. The van der Waals surface area contributed by atoms with E-state index in [1.807, 2.05) is 0 Å². The first-order chi connectivity index (χ1) is 8.55. The standard InChI is InChI=1S/C14H25NO3/c1-11(2)12-4-3-7-15(12)10-14(13(16)17)5-8-18-9-6-14/h11-12H,3-10H2,1-2H3,(H,16,17). The summed E-state index contributed by atoms with van der Waals surface area (Å²) in [5.41, 5.74) is -0.574. The number of carboxylic acid groups (broad SMARTS) is 1. The highest BCUT2D eigenvalue weighted by molar-refractivity contribution is 5.75. The van der Waals surface area contributed by atoms with Crippen LogP contribution in [0.15, 0.2) is 0 Å². The molecule has 0 aromatic carbocycles. The minimum atomic E-state index is -0.639. The Morgan fingerprint density at radius 1 is 1.44 bits per heavy atom. The van der Waals surface area contributed by atoms with E-state index in [9.17, 15) is 9.90 Å². The molecule has 0 aromatic heterocycles. The van der Waals surface area contributed by atoms with E-state index in [0.717, 1.165) is 6.54 Å². The third-order valence-electron chi connectivity index (χ3n) is 4.59. The van der Waals surface area contributed by atoms with E-state index in [0.29, 0.717) is 44.6 Å². The molecule has 0 aromatic rings. The van der Waals surface area contributed by atoms with E-state index in [4.69, 9.17) is 4.74 Å². The van der Waals surface area contributed by atoms with Crippen molar-refractivity contribution in [2.24, 2.45) is 11.3 Å². The molecule has 2 rings (SSSR count). The van der Waals surface area contributed by atoms with E-state index >= 15 is 0 Å². The Morgan fingerprint density at radius 2 is 2.11 bits per heavy atom. The van der Waals surface area contributed by atoms with Gasteiger partial charge in [0.2, 0.25) is 0 Å². The van der Waals surface area contributed by atoms with Crippen molar-refractivity contribution in [1.82, 2.24) is 4.90 Å². The lowest BCUT2D eigenvalue weighted by Crippen LogP contribution is -2.48. The van der Waals surface area contributed by atoms with Crippen molar-refractivity contribution < 1.29 is 14.6 Å². The first-order valence-corrected chi connectivity index (χ1v) is 7.10. The Balaban J connectivity index is 2.06. The second-order valence-electron chi connectivity index (χ2n) is 6.12. The van der Waals surface area contributed by atoms with Gasteiger partial charge in [-0.3, -0.25) is 9.69 Å². The van der Waals surface area contributed by atoms with Gasteiger partial charge in [-0.25, -0.2) is 0 Å². The van der Waals surface area contributed by atoms with Crippen LogP contribution in [-0.4, -0.2) is 48.3 Å². The Kier molecular flexibility index (Phi) is 4.28. The second kappa shape index (κ2) is 5.57. The number of hydrogen-bond donors (Lipinski definition) is 1. The minimum absolute atomic E-state index is 0.559. The summed E-state index contributed by atoms with van der Waals surface area (Å²) >= 11 is 0. The molecular formula is C14H25NO3. The van der Waals surface area contributed by atoms with E-state index in [2.05, 4.69) is 18.7 Å². The molecule has 104 valence electrons. The molecule has 4 nitrogen and oxygen atoms in total. The van der Waals surface area contributed by atoms with Gasteiger partial charge in [0.05, 0.1) is 5.41 Å². The number of nitrogens with zero attached hydrogens (tertiary/aromatic N) is 1.